The van der Waals surface area contributed by atoms with E-state index in [-0.39, 0.29) is 54.3 Å². The smallest absolute Gasteiger partial charge is 0.373 e. The molecule has 3 unspecified atom stereocenters. The molecule has 3 atom stereocenters. The molecule has 3 aromatic heterocycles. The summed E-state index contributed by atoms with van der Waals surface area (Å²) in [6.07, 6.45) is 6.83. The van der Waals surface area contributed by atoms with Gasteiger partial charge in [-0.05, 0) is 162 Å². The lowest BCUT2D eigenvalue weighted by Crippen LogP contribution is -2.39. The minimum atomic E-state index is -0.196. The van der Waals surface area contributed by atoms with Gasteiger partial charge >= 0.3 is 18.5 Å². The lowest BCUT2D eigenvalue weighted by atomic mass is 10.0. The van der Waals surface area contributed by atoms with E-state index in [1.165, 1.54) is 0 Å². The highest BCUT2D eigenvalue weighted by Gasteiger charge is 2.24. The van der Waals surface area contributed by atoms with Gasteiger partial charge in [0, 0.05) is 45.3 Å². The van der Waals surface area contributed by atoms with Gasteiger partial charge in [0.25, 0.3) is 17.7 Å². The summed E-state index contributed by atoms with van der Waals surface area (Å²) in [6, 6.07) is 38.2. The Bertz CT molecular complexity index is 4390. The highest BCUT2D eigenvalue weighted by atomic mass is 16.6. The molecule has 2 aliphatic rings. The number of carbonyl (C=O) groups is 3. The number of nitrogens with zero attached hydrogens (tertiary/aromatic N) is 3. The van der Waals surface area contributed by atoms with E-state index in [0.717, 1.165) is 87.5 Å². The molecule has 5 heterocycles. The maximum atomic E-state index is 12.9. The number of pyridine rings is 3. The van der Waals surface area contributed by atoms with Crippen molar-refractivity contribution in [1.82, 2.24) is 30.9 Å². The molecule has 0 saturated carbocycles. The van der Waals surface area contributed by atoms with Crippen LogP contribution in [0.1, 0.15) is 120 Å². The zero-order chi connectivity index (χ0) is 74.1. The number of para-hydroxylation sites is 1. The maximum Gasteiger partial charge on any atom is 0.373 e. The van der Waals surface area contributed by atoms with Gasteiger partial charge in [-0.2, -0.15) is 28.8 Å². The largest absolute Gasteiger partial charge is 0.493 e. The molecule has 536 valence electrons. The zero-order valence-corrected chi connectivity index (χ0v) is 58.3. The molecule has 11 rings (SSSR count). The van der Waals surface area contributed by atoms with E-state index in [0.29, 0.717) is 139 Å². The van der Waals surface area contributed by atoms with Crippen molar-refractivity contribution < 1.29 is 81.0 Å². The second-order valence-corrected chi connectivity index (χ2v) is 23.1. The average Bonchev–Trinajstić information content (AvgIpc) is 0.811. The number of nitrogens with one attached hydrogen (secondary N) is 3. The van der Waals surface area contributed by atoms with Crippen molar-refractivity contribution >= 4 is 85.9 Å². The molecule has 2 aliphatic heterocycles. The lowest BCUT2D eigenvalue weighted by molar-refractivity contribution is -0.193. The van der Waals surface area contributed by atoms with Gasteiger partial charge in [0.1, 0.15) is 56.0 Å². The second kappa shape index (κ2) is 40.7. The quantitative estimate of drug-likeness (QED) is 0.0324. The molecular formula is C76H85N9O17. The second-order valence-electron chi connectivity index (χ2n) is 23.1. The number of nitrogen functional groups attached to an aromatic ring is 3. The Morgan fingerprint density at radius 2 is 0.902 bits per heavy atom. The van der Waals surface area contributed by atoms with Crippen LogP contribution in [0.5, 0.6) is 46.0 Å². The predicted molar refractivity (Wildman–Crippen MR) is 380 cm³/mol. The fourth-order valence-corrected chi connectivity index (χ4v) is 10.8. The van der Waals surface area contributed by atoms with Crippen LogP contribution >= 0.6 is 0 Å². The van der Waals surface area contributed by atoms with Gasteiger partial charge in [-0.25, -0.2) is 0 Å². The van der Waals surface area contributed by atoms with Crippen molar-refractivity contribution in [1.29, 1.82) is 0 Å². The van der Waals surface area contributed by atoms with Crippen LogP contribution in [0.4, 0.5) is 17.1 Å². The normalized spacial score (nSPS) is 12.2. The van der Waals surface area contributed by atoms with Crippen LogP contribution < -0.4 is 71.0 Å². The van der Waals surface area contributed by atoms with E-state index < -0.39 is 0 Å². The van der Waals surface area contributed by atoms with Crippen molar-refractivity contribution in [3.8, 4) is 46.0 Å². The van der Waals surface area contributed by atoms with Gasteiger partial charge in [-0.15, -0.1) is 0 Å². The fourth-order valence-electron chi connectivity index (χ4n) is 10.8. The standard InChI is InChI=1S/C26H33N3O4.C24H27N3O3.C23H25N3O4.3CO2/c1-5-7-13-32-22-12-11-18(15-24(22)31-4)26(30)29-19(6-2)16-33-23-10-8-9-21-25(23)20(27)14-17(3)28-21;1-3-17(27-24(28)18-9-4-7-16-8-6-12-29-23(16)18)14-30-21-11-5-10-20-22(21)19(25)13-15(2)26-20;1-3-16(26-23(27)15-7-8-19-21(12-15)29-10-9-28-19)13-30-20-6-4-5-18-22(20)17(24)11-14(2)25-18;3*2-1-3/h8-12,14-15,19H,5-7,13,16H2,1-4H3,(H2,27,28)(H,29,30);4-5,7,9-11,13,17H,3,6,8,12,14H2,1-2H3,(H2,25,26)(H,27,28);4-8,11-12,16H,3,9-10,13H2,1-2H3,(H2,24,25)(H,26,27);;;. The Hall–Kier alpha value is -12.1. The van der Waals surface area contributed by atoms with Gasteiger partial charge in [-0.1, -0.05) is 64.4 Å². The number of aryl methyl sites for hydroxylation is 4. The van der Waals surface area contributed by atoms with Gasteiger partial charge in [0.2, 0.25) is 0 Å². The number of methoxy groups -OCH3 is 1. The number of aromatic nitrogens is 3. The number of nitrogens with two attached hydrogens (primary N) is 3. The van der Waals surface area contributed by atoms with Crippen molar-refractivity contribution in [2.45, 2.75) is 112 Å². The Balaban J connectivity index is 0.000000227. The first-order chi connectivity index (χ1) is 49.3. The first-order valence-electron chi connectivity index (χ1n) is 33.0. The minimum Gasteiger partial charge on any atom is -0.493 e. The molecule has 9 aromatic rings. The van der Waals surface area contributed by atoms with Crippen molar-refractivity contribution in [2.75, 3.05) is 70.6 Å². The van der Waals surface area contributed by atoms with E-state index in [2.05, 4.69) is 37.8 Å². The van der Waals surface area contributed by atoms with Gasteiger partial charge in [-0.3, -0.25) is 29.3 Å². The Morgan fingerprint density at radius 1 is 0.480 bits per heavy atom. The number of hydrogen-bond acceptors (Lipinski definition) is 23. The average molecular weight is 1400 g/mol. The van der Waals surface area contributed by atoms with Crippen molar-refractivity contribution in [2.24, 2.45) is 0 Å². The third kappa shape index (κ3) is 22.5. The SMILES string of the molecule is CCC(COc1cccc2nc(C)cc(N)c12)NC(=O)c1ccc2c(c1)OCCO2.CCC(COc1cccc2nc(C)cc(N)c12)NC(=O)c1cccc2c1OCCC2.CCCCOc1ccc(C(=O)NC(CC)COc2cccc3nc(C)cc(N)c23)cc1OC.O=C=O.O=C=O.O=C=O. The molecule has 9 N–H and O–H groups in total. The van der Waals surface area contributed by atoms with E-state index in [1.54, 1.807) is 43.5 Å². The van der Waals surface area contributed by atoms with Crippen LogP contribution in [0.3, 0.4) is 0 Å². The first kappa shape index (κ1) is 78.9. The molecule has 0 radical (unpaired) electrons. The highest BCUT2D eigenvalue weighted by Crippen LogP contribution is 2.36. The molecule has 0 aliphatic carbocycles. The summed E-state index contributed by atoms with van der Waals surface area (Å²) in [5.74, 6) is 4.59. The molecule has 0 bridgehead atoms. The number of hydrogen-bond donors (Lipinski definition) is 6. The number of benzene rings is 6. The van der Waals surface area contributed by atoms with Crippen LogP contribution in [0.2, 0.25) is 0 Å². The molecule has 26 heteroatoms. The summed E-state index contributed by atoms with van der Waals surface area (Å²) in [7, 11) is 1.57. The fraction of sp³-hybridized carbons (Fsp3) is 0.329. The Morgan fingerprint density at radius 3 is 1.34 bits per heavy atom. The highest BCUT2D eigenvalue weighted by molar-refractivity contribution is 5.99. The van der Waals surface area contributed by atoms with Gasteiger partial charge < -0.3 is 71.0 Å². The predicted octanol–water partition coefficient (Wildman–Crippen LogP) is 10.7. The van der Waals surface area contributed by atoms with Gasteiger partial charge in [0.15, 0.2) is 23.0 Å². The minimum absolute atomic E-state index is 0.140. The topological polar surface area (TPSA) is 380 Å². The number of anilines is 3. The molecule has 0 fully saturated rings. The Kier molecular flexibility index (Phi) is 31.5. The number of unbranched alkanes of at least 4 members (excludes halogenated alkanes) is 1. The molecule has 0 saturated heterocycles. The third-order valence-electron chi connectivity index (χ3n) is 15.8. The summed E-state index contributed by atoms with van der Waals surface area (Å²) in [6.45, 7) is 17.1. The van der Waals surface area contributed by atoms with E-state index in [4.69, 9.17) is 83.9 Å². The van der Waals surface area contributed by atoms with Crippen molar-refractivity contribution in [3.63, 3.8) is 0 Å². The summed E-state index contributed by atoms with van der Waals surface area (Å²) >= 11 is 0. The zero-order valence-electron chi connectivity index (χ0n) is 58.3. The lowest BCUT2D eigenvalue weighted by Gasteiger charge is -2.22. The van der Waals surface area contributed by atoms with Crippen LogP contribution in [0, 0.1) is 20.8 Å². The van der Waals surface area contributed by atoms with Crippen LogP contribution in [0.25, 0.3) is 32.7 Å². The molecule has 3 amide bonds. The van der Waals surface area contributed by atoms with E-state index >= 15 is 0 Å². The summed E-state index contributed by atoms with van der Waals surface area (Å²) in [4.78, 5) is 101. The molecule has 6 aromatic carbocycles. The summed E-state index contributed by atoms with van der Waals surface area (Å²) in [5.41, 5.74) is 28.2. The monoisotopic (exact) mass is 1400 g/mol. The van der Waals surface area contributed by atoms with E-state index in [9.17, 15) is 14.4 Å². The third-order valence-corrected chi connectivity index (χ3v) is 15.8. The van der Waals surface area contributed by atoms with Gasteiger partial charge in [0.05, 0.1) is 76.7 Å². The molecule has 26 nitrogen and oxygen atoms in total. The molecule has 0 spiro atoms. The summed E-state index contributed by atoms with van der Waals surface area (Å²) < 4.78 is 46.2. The number of ether oxygens (including phenoxy) is 8. The number of amides is 3. The summed E-state index contributed by atoms with van der Waals surface area (Å²) in [5, 5.41) is 11.5. The Labute approximate surface area is 590 Å². The number of carbonyl (C=O) groups excluding carboxylic acids is 9. The number of rotatable bonds is 23. The molecular weight excluding hydrogens is 1310 g/mol. The van der Waals surface area contributed by atoms with Crippen LogP contribution in [-0.2, 0) is 35.2 Å². The maximum absolute atomic E-state index is 12.9. The first-order valence-corrected chi connectivity index (χ1v) is 33.0. The van der Waals surface area contributed by atoms with Crippen LogP contribution in [-0.4, -0.2) is 123 Å². The molecule has 102 heavy (non-hydrogen) atoms. The van der Waals surface area contributed by atoms with E-state index in [1.807, 2.05) is 133 Å². The van der Waals surface area contributed by atoms with Crippen LogP contribution in [0.15, 0.2) is 127 Å². The van der Waals surface area contributed by atoms with Crippen molar-refractivity contribution in [3.05, 3.63) is 167 Å². The number of fused-ring (bicyclic) bond motifs is 5.